The molecule has 0 atom stereocenters. The summed E-state index contributed by atoms with van der Waals surface area (Å²) in [5, 5.41) is 12.7. The summed E-state index contributed by atoms with van der Waals surface area (Å²) < 4.78 is 10.7. The molecule has 2 N–H and O–H groups in total. The average molecular weight is 348 g/mol. The van der Waals surface area contributed by atoms with Gasteiger partial charge in [-0.15, -0.1) is 0 Å². The van der Waals surface area contributed by atoms with Crippen molar-refractivity contribution in [1.29, 1.82) is 0 Å². The highest BCUT2D eigenvalue weighted by molar-refractivity contribution is 5.69. The summed E-state index contributed by atoms with van der Waals surface area (Å²) in [5.41, 5.74) is 1.07. The molecule has 1 aromatic carbocycles. The third-order valence-corrected chi connectivity index (χ3v) is 5.23. The molecule has 6 heteroatoms. The maximum absolute atomic E-state index is 11.1. The van der Waals surface area contributed by atoms with Crippen molar-refractivity contribution in [2.45, 2.75) is 44.3 Å². The fraction of sp³-hybridized carbons (Fsp3) is 0.632. The SMILES string of the molecule is COc1ccc(OC)c(CNC2CC(N(CC(=O)O)CC3CC3)C2)c1. The van der Waals surface area contributed by atoms with Gasteiger partial charge in [-0.05, 0) is 49.8 Å². The zero-order valence-electron chi connectivity index (χ0n) is 15.0. The van der Waals surface area contributed by atoms with E-state index in [2.05, 4.69) is 10.2 Å². The van der Waals surface area contributed by atoms with Crippen LogP contribution in [0.5, 0.6) is 11.5 Å². The summed E-state index contributed by atoms with van der Waals surface area (Å²) in [7, 11) is 3.33. The van der Waals surface area contributed by atoms with Crippen molar-refractivity contribution in [3.63, 3.8) is 0 Å². The van der Waals surface area contributed by atoms with E-state index < -0.39 is 5.97 Å². The molecule has 0 aliphatic heterocycles. The van der Waals surface area contributed by atoms with Gasteiger partial charge in [0.1, 0.15) is 11.5 Å². The number of carboxylic acids is 1. The molecule has 6 nitrogen and oxygen atoms in total. The summed E-state index contributed by atoms with van der Waals surface area (Å²) >= 11 is 0. The third kappa shape index (κ3) is 4.86. The molecule has 0 aromatic heterocycles. The van der Waals surface area contributed by atoms with E-state index in [0.29, 0.717) is 18.0 Å². The van der Waals surface area contributed by atoms with E-state index in [1.165, 1.54) is 12.8 Å². The first kappa shape index (κ1) is 18.0. The van der Waals surface area contributed by atoms with Gasteiger partial charge in [-0.2, -0.15) is 0 Å². The summed E-state index contributed by atoms with van der Waals surface area (Å²) in [5.74, 6) is 1.66. The molecule has 0 saturated heterocycles. The number of nitrogens with zero attached hydrogens (tertiary/aromatic N) is 1. The average Bonchev–Trinajstić information content (AvgIpc) is 3.36. The lowest BCUT2D eigenvalue weighted by Crippen LogP contribution is -2.54. The number of ether oxygens (including phenoxy) is 2. The number of carboxylic acid groups (broad SMARTS) is 1. The molecule has 0 unspecified atom stereocenters. The van der Waals surface area contributed by atoms with Crippen molar-refractivity contribution in [3.05, 3.63) is 23.8 Å². The van der Waals surface area contributed by atoms with Crippen LogP contribution < -0.4 is 14.8 Å². The molecule has 1 aromatic rings. The van der Waals surface area contributed by atoms with E-state index in [1.54, 1.807) is 14.2 Å². The number of benzene rings is 1. The van der Waals surface area contributed by atoms with Crippen LogP contribution in [0.1, 0.15) is 31.2 Å². The minimum atomic E-state index is -0.724. The van der Waals surface area contributed by atoms with Crippen LogP contribution in [-0.2, 0) is 11.3 Å². The van der Waals surface area contributed by atoms with E-state index in [4.69, 9.17) is 14.6 Å². The molecule has 2 saturated carbocycles. The highest BCUT2D eigenvalue weighted by Crippen LogP contribution is 2.34. The molecule has 0 spiro atoms. The second-order valence-electron chi connectivity index (χ2n) is 7.15. The van der Waals surface area contributed by atoms with Crippen LogP contribution in [0.25, 0.3) is 0 Å². The van der Waals surface area contributed by atoms with Crippen molar-refractivity contribution >= 4 is 5.97 Å². The molecular formula is C19H28N2O4. The maximum Gasteiger partial charge on any atom is 0.317 e. The van der Waals surface area contributed by atoms with Gasteiger partial charge in [0.05, 0.1) is 20.8 Å². The smallest absolute Gasteiger partial charge is 0.317 e. The van der Waals surface area contributed by atoms with Crippen LogP contribution in [0, 0.1) is 5.92 Å². The van der Waals surface area contributed by atoms with E-state index in [1.807, 2.05) is 18.2 Å². The van der Waals surface area contributed by atoms with Gasteiger partial charge in [-0.1, -0.05) is 0 Å². The number of methoxy groups -OCH3 is 2. The van der Waals surface area contributed by atoms with Crippen LogP contribution in [0.3, 0.4) is 0 Å². The second kappa shape index (κ2) is 8.06. The number of hydrogen-bond acceptors (Lipinski definition) is 5. The van der Waals surface area contributed by atoms with Gasteiger partial charge in [0.25, 0.3) is 0 Å². The Bertz CT molecular complexity index is 597. The number of carbonyl (C=O) groups is 1. The Morgan fingerprint density at radius 1 is 1.28 bits per heavy atom. The van der Waals surface area contributed by atoms with E-state index in [9.17, 15) is 4.79 Å². The highest BCUT2D eigenvalue weighted by atomic mass is 16.5. The molecule has 2 aliphatic rings. The van der Waals surface area contributed by atoms with Crippen LogP contribution >= 0.6 is 0 Å². The number of aliphatic carboxylic acids is 1. The summed E-state index contributed by atoms with van der Waals surface area (Å²) in [6.45, 7) is 1.82. The molecule has 0 radical (unpaired) electrons. The zero-order chi connectivity index (χ0) is 17.8. The second-order valence-corrected chi connectivity index (χ2v) is 7.15. The van der Waals surface area contributed by atoms with Gasteiger partial charge in [0.2, 0.25) is 0 Å². The summed E-state index contributed by atoms with van der Waals surface area (Å²) in [6.07, 6.45) is 4.51. The van der Waals surface area contributed by atoms with Crippen molar-refractivity contribution in [2.75, 3.05) is 27.3 Å². The topological polar surface area (TPSA) is 71.0 Å². The normalized spacial score (nSPS) is 22.5. The van der Waals surface area contributed by atoms with Crippen molar-refractivity contribution < 1.29 is 19.4 Å². The lowest BCUT2D eigenvalue weighted by atomic mass is 9.85. The number of rotatable bonds is 10. The quantitative estimate of drug-likeness (QED) is 0.675. The van der Waals surface area contributed by atoms with Crippen molar-refractivity contribution in [1.82, 2.24) is 10.2 Å². The number of nitrogens with one attached hydrogen (secondary N) is 1. The fourth-order valence-electron chi connectivity index (χ4n) is 3.48. The predicted octanol–water partition coefficient (Wildman–Crippen LogP) is 2.12. The Labute approximate surface area is 149 Å². The first-order valence-electron chi connectivity index (χ1n) is 8.99. The lowest BCUT2D eigenvalue weighted by Gasteiger charge is -2.43. The Hall–Kier alpha value is -1.79. The Balaban J connectivity index is 1.48. The van der Waals surface area contributed by atoms with Gasteiger partial charge >= 0.3 is 5.97 Å². The molecule has 2 fully saturated rings. The molecule has 2 aliphatic carbocycles. The zero-order valence-corrected chi connectivity index (χ0v) is 15.0. The Kier molecular flexibility index (Phi) is 5.81. The van der Waals surface area contributed by atoms with Crippen LogP contribution in [0.15, 0.2) is 18.2 Å². The maximum atomic E-state index is 11.1. The van der Waals surface area contributed by atoms with E-state index >= 15 is 0 Å². The van der Waals surface area contributed by atoms with Gasteiger partial charge in [-0.3, -0.25) is 9.69 Å². The van der Waals surface area contributed by atoms with Gasteiger partial charge in [0.15, 0.2) is 0 Å². The first-order chi connectivity index (χ1) is 12.1. The minimum Gasteiger partial charge on any atom is -0.497 e. The minimum absolute atomic E-state index is 0.164. The molecule has 0 amide bonds. The highest BCUT2D eigenvalue weighted by Gasteiger charge is 2.36. The molecule has 25 heavy (non-hydrogen) atoms. The predicted molar refractivity (Wildman–Crippen MR) is 95.1 cm³/mol. The molecule has 0 bridgehead atoms. The molecule has 0 heterocycles. The third-order valence-electron chi connectivity index (χ3n) is 5.23. The lowest BCUT2D eigenvalue weighted by molar-refractivity contribution is -0.139. The monoisotopic (exact) mass is 348 g/mol. The summed E-state index contributed by atoms with van der Waals surface area (Å²) in [4.78, 5) is 13.3. The summed E-state index contributed by atoms with van der Waals surface area (Å²) in [6, 6.07) is 6.62. The van der Waals surface area contributed by atoms with Crippen LogP contribution in [0.2, 0.25) is 0 Å². The van der Waals surface area contributed by atoms with Crippen LogP contribution in [0.4, 0.5) is 0 Å². The Morgan fingerprint density at radius 2 is 2.04 bits per heavy atom. The van der Waals surface area contributed by atoms with Crippen molar-refractivity contribution in [2.24, 2.45) is 5.92 Å². The van der Waals surface area contributed by atoms with Crippen molar-refractivity contribution in [3.8, 4) is 11.5 Å². The van der Waals surface area contributed by atoms with Crippen LogP contribution in [-0.4, -0.2) is 55.4 Å². The number of hydrogen-bond donors (Lipinski definition) is 2. The van der Waals surface area contributed by atoms with E-state index in [0.717, 1.165) is 43.0 Å². The molecule has 3 rings (SSSR count). The standard InChI is InChI=1S/C19H28N2O4/c1-24-17-5-6-18(25-2)14(7-17)10-20-15-8-16(9-15)21(12-19(22)23)11-13-3-4-13/h5-7,13,15-16,20H,3-4,8-12H2,1-2H3,(H,22,23). The fourth-order valence-corrected chi connectivity index (χ4v) is 3.48. The largest absolute Gasteiger partial charge is 0.497 e. The van der Waals surface area contributed by atoms with Gasteiger partial charge < -0.3 is 19.9 Å². The molecule has 138 valence electrons. The van der Waals surface area contributed by atoms with Gasteiger partial charge in [-0.25, -0.2) is 0 Å². The molecular weight excluding hydrogens is 320 g/mol. The van der Waals surface area contributed by atoms with Gasteiger partial charge in [0, 0.05) is 30.7 Å². The first-order valence-corrected chi connectivity index (χ1v) is 8.99. The van der Waals surface area contributed by atoms with E-state index in [-0.39, 0.29) is 6.54 Å². The Morgan fingerprint density at radius 3 is 2.64 bits per heavy atom.